The number of aromatic nitrogens is 2. The van der Waals surface area contributed by atoms with E-state index in [9.17, 15) is 4.79 Å². The number of hydrogen-bond acceptors (Lipinski definition) is 3. The number of aliphatic hydroxyl groups excluding tert-OH is 1. The quantitative estimate of drug-likeness (QED) is 0.758. The van der Waals surface area contributed by atoms with E-state index in [2.05, 4.69) is 17.1 Å². The molecule has 1 aromatic carbocycles. The van der Waals surface area contributed by atoms with E-state index in [1.165, 1.54) is 5.56 Å². The van der Waals surface area contributed by atoms with E-state index in [0.717, 1.165) is 48.4 Å². The molecule has 5 nitrogen and oxygen atoms in total. The molecule has 3 aromatic rings. The minimum Gasteiger partial charge on any atom is -0.392 e. The molecule has 2 aromatic heterocycles. The summed E-state index contributed by atoms with van der Waals surface area (Å²) in [6.45, 7) is 3.76. The first kappa shape index (κ1) is 17.7. The van der Waals surface area contributed by atoms with Crippen LogP contribution in [-0.2, 0) is 24.2 Å². The molecule has 1 N–H and O–H groups in total. The summed E-state index contributed by atoms with van der Waals surface area (Å²) in [5, 5.41) is 9.14. The lowest BCUT2D eigenvalue weighted by molar-refractivity contribution is -0.129. The van der Waals surface area contributed by atoms with Gasteiger partial charge >= 0.3 is 0 Å². The summed E-state index contributed by atoms with van der Waals surface area (Å²) in [6.07, 6.45) is 6.20. The van der Waals surface area contributed by atoms with Crippen molar-refractivity contribution in [2.45, 2.75) is 32.8 Å². The molecule has 3 heterocycles. The third-order valence-electron chi connectivity index (χ3n) is 5.51. The van der Waals surface area contributed by atoms with Crippen LogP contribution in [0.1, 0.15) is 28.8 Å². The molecule has 27 heavy (non-hydrogen) atoms. The number of aryl methyl sites for hydroxylation is 1. The van der Waals surface area contributed by atoms with Gasteiger partial charge in [0.15, 0.2) is 0 Å². The summed E-state index contributed by atoms with van der Waals surface area (Å²) in [7, 11) is 0. The fourth-order valence-electron chi connectivity index (χ4n) is 3.94. The molecule has 0 radical (unpaired) electrons. The Balaban J connectivity index is 1.37. The van der Waals surface area contributed by atoms with Crippen LogP contribution in [0.2, 0.25) is 0 Å². The van der Waals surface area contributed by atoms with Gasteiger partial charge in [-0.15, -0.1) is 0 Å². The number of nitrogens with zero attached hydrogens (tertiary/aromatic N) is 3. The molecule has 5 heteroatoms. The van der Waals surface area contributed by atoms with E-state index in [-0.39, 0.29) is 12.5 Å². The Labute approximate surface area is 159 Å². The van der Waals surface area contributed by atoms with Gasteiger partial charge in [0, 0.05) is 25.5 Å². The molecule has 0 spiro atoms. The number of likely N-dealkylation sites (tertiary alicyclic amines) is 1. The van der Waals surface area contributed by atoms with Gasteiger partial charge in [0.25, 0.3) is 0 Å². The Morgan fingerprint density at radius 3 is 2.78 bits per heavy atom. The monoisotopic (exact) mass is 363 g/mol. The second kappa shape index (κ2) is 7.53. The number of rotatable bonds is 5. The average Bonchev–Trinajstić information content (AvgIpc) is 3.31. The molecule has 1 amide bonds. The number of hydrogen-bond donors (Lipinski definition) is 1. The lowest BCUT2D eigenvalue weighted by atomic mass is 9.98. The number of benzene rings is 1. The van der Waals surface area contributed by atoms with Gasteiger partial charge in [-0.3, -0.25) is 4.79 Å². The van der Waals surface area contributed by atoms with Gasteiger partial charge in [-0.1, -0.05) is 30.3 Å². The molecule has 1 fully saturated rings. The largest absolute Gasteiger partial charge is 0.392 e. The first-order valence-electron chi connectivity index (χ1n) is 9.52. The van der Waals surface area contributed by atoms with E-state index in [4.69, 9.17) is 5.11 Å². The fourth-order valence-corrected chi connectivity index (χ4v) is 3.94. The number of carbonyl (C=O) groups is 1. The molecule has 1 unspecified atom stereocenters. The van der Waals surface area contributed by atoms with Crippen LogP contribution in [0.3, 0.4) is 0 Å². The molecule has 1 aliphatic rings. The van der Waals surface area contributed by atoms with Gasteiger partial charge in [0.05, 0.1) is 18.7 Å². The van der Waals surface area contributed by atoms with Crippen molar-refractivity contribution in [2.24, 2.45) is 5.92 Å². The Morgan fingerprint density at radius 2 is 2.00 bits per heavy atom. The third kappa shape index (κ3) is 3.74. The van der Waals surface area contributed by atoms with E-state index >= 15 is 0 Å². The Bertz CT molecular complexity index is 946. The van der Waals surface area contributed by atoms with Crippen molar-refractivity contribution >= 4 is 11.6 Å². The first-order chi connectivity index (χ1) is 13.1. The van der Waals surface area contributed by atoms with Crippen LogP contribution in [0.4, 0.5) is 0 Å². The maximum atomic E-state index is 12.8. The van der Waals surface area contributed by atoms with E-state index < -0.39 is 0 Å². The highest BCUT2D eigenvalue weighted by molar-refractivity contribution is 5.79. The molecular formula is C22H25N3O2. The van der Waals surface area contributed by atoms with Crippen molar-refractivity contribution in [3.05, 3.63) is 71.2 Å². The number of aliphatic hydroxyl groups is 1. The van der Waals surface area contributed by atoms with Crippen LogP contribution in [-0.4, -0.2) is 38.4 Å². The molecule has 1 saturated heterocycles. The van der Waals surface area contributed by atoms with Gasteiger partial charge in [-0.2, -0.15) is 0 Å². The molecular weight excluding hydrogens is 338 g/mol. The van der Waals surface area contributed by atoms with Crippen LogP contribution >= 0.6 is 0 Å². The second-order valence-corrected chi connectivity index (χ2v) is 7.48. The number of amides is 1. The normalized spacial score (nSPS) is 17.0. The summed E-state index contributed by atoms with van der Waals surface area (Å²) in [4.78, 5) is 19.2. The predicted octanol–water partition coefficient (Wildman–Crippen LogP) is 2.77. The van der Waals surface area contributed by atoms with Crippen molar-refractivity contribution in [3.63, 3.8) is 0 Å². The number of fused-ring (bicyclic) bond motifs is 1. The van der Waals surface area contributed by atoms with Crippen molar-refractivity contribution in [2.75, 3.05) is 13.1 Å². The molecule has 140 valence electrons. The minimum atomic E-state index is 0.0782. The maximum absolute atomic E-state index is 12.8. The van der Waals surface area contributed by atoms with Gasteiger partial charge in [0.1, 0.15) is 5.65 Å². The zero-order valence-corrected chi connectivity index (χ0v) is 15.6. The Morgan fingerprint density at radius 1 is 1.22 bits per heavy atom. The molecule has 0 aliphatic carbocycles. The predicted molar refractivity (Wildman–Crippen MR) is 104 cm³/mol. The van der Waals surface area contributed by atoms with Crippen molar-refractivity contribution < 1.29 is 9.90 Å². The summed E-state index contributed by atoms with van der Waals surface area (Å²) in [5.41, 5.74) is 5.19. The van der Waals surface area contributed by atoms with Gasteiger partial charge in [0.2, 0.25) is 5.91 Å². The van der Waals surface area contributed by atoms with Crippen LogP contribution in [0.25, 0.3) is 5.65 Å². The number of carbonyl (C=O) groups excluding carboxylic acids is 1. The van der Waals surface area contributed by atoms with Crippen molar-refractivity contribution in [3.8, 4) is 0 Å². The lowest BCUT2D eigenvalue weighted by Crippen LogP contribution is -2.30. The number of imidazole rings is 1. The topological polar surface area (TPSA) is 57.8 Å². The second-order valence-electron chi connectivity index (χ2n) is 7.48. The van der Waals surface area contributed by atoms with E-state index in [1.54, 1.807) is 0 Å². The van der Waals surface area contributed by atoms with Crippen LogP contribution in [0.5, 0.6) is 0 Å². The third-order valence-corrected chi connectivity index (χ3v) is 5.51. The van der Waals surface area contributed by atoms with Crippen molar-refractivity contribution in [1.29, 1.82) is 0 Å². The fraction of sp³-hybridized carbons (Fsp3) is 0.364. The average molecular weight is 363 g/mol. The Kier molecular flexibility index (Phi) is 4.94. The van der Waals surface area contributed by atoms with Crippen molar-refractivity contribution in [1.82, 2.24) is 14.3 Å². The van der Waals surface area contributed by atoms with Crippen LogP contribution < -0.4 is 0 Å². The molecule has 1 aliphatic heterocycles. The SMILES string of the molecule is Cc1cccn2c(CC(=O)N3CCC(Cc4ccc(CO)cc4)C3)cnc12. The van der Waals surface area contributed by atoms with Gasteiger partial charge in [-0.05, 0) is 48.4 Å². The lowest BCUT2D eigenvalue weighted by Gasteiger charge is -2.16. The summed E-state index contributed by atoms with van der Waals surface area (Å²) >= 11 is 0. The molecule has 1 atom stereocenters. The summed E-state index contributed by atoms with van der Waals surface area (Å²) < 4.78 is 2.02. The smallest absolute Gasteiger partial charge is 0.228 e. The van der Waals surface area contributed by atoms with E-state index in [0.29, 0.717) is 12.3 Å². The highest BCUT2D eigenvalue weighted by Crippen LogP contribution is 2.22. The standard InChI is InChI=1S/C22H25N3O2/c1-16-3-2-9-25-20(13-23-22(16)25)12-21(27)24-10-8-19(14-24)11-17-4-6-18(15-26)7-5-17/h2-7,9,13,19,26H,8,10-12,14-15H2,1H3. The van der Waals surface area contributed by atoms with E-state index in [1.807, 2.05) is 52.9 Å². The zero-order chi connectivity index (χ0) is 18.8. The first-order valence-corrected chi connectivity index (χ1v) is 9.52. The maximum Gasteiger partial charge on any atom is 0.228 e. The zero-order valence-electron chi connectivity index (χ0n) is 15.6. The highest BCUT2D eigenvalue weighted by atomic mass is 16.3. The Hall–Kier alpha value is -2.66. The summed E-state index contributed by atoms with van der Waals surface area (Å²) in [5.74, 6) is 0.676. The van der Waals surface area contributed by atoms with Gasteiger partial charge < -0.3 is 14.4 Å². The van der Waals surface area contributed by atoms with Gasteiger partial charge in [-0.25, -0.2) is 4.98 Å². The van der Waals surface area contributed by atoms with Crippen LogP contribution in [0, 0.1) is 12.8 Å². The minimum absolute atomic E-state index is 0.0782. The molecule has 0 saturated carbocycles. The summed E-state index contributed by atoms with van der Waals surface area (Å²) in [6, 6.07) is 12.1. The van der Waals surface area contributed by atoms with Crippen LogP contribution in [0.15, 0.2) is 48.8 Å². The highest BCUT2D eigenvalue weighted by Gasteiger charge is 2.26. The number of pyridine rings is 1. The molecule has 0 bridgehead atoms. The molecule has 4 rings (SSSR count).